The molecule has 2 aromatic heterocycles. The highest BCUT2D eigenvalue weighted by atomic mass is 16.3. The number of nitrogens with zero attached hydrogens (tertiary/aromatic N) is 4. The molecule has 2 aromatic rings. The number of nitrogens with one attached hydrogen (secondary N) is 2. The van der Waals surface area contributed by atoms with Crippen LogP contribution >= 0.6 is 0 Å². The molecule has 7 heteroatoms. The molecule has 0 aliphatic heterocycles. The van der Waals surface area contributed by atoms with Gasteiger partial charge in [-0.2, -0.15) is 5.10 Å². The number of hydrogen-bond donors (Lipinski definition) is 2. The summed E-state index contributed by atoms with van der Waals surface area (Å²) in [6, 6.07) is 4.42. The van der Waals surface area contributed by atoms with Crippen molar-refractivity contribution in [2.45, 2.75) is 51.1 Å². The van der Waals surface area contributed by atoms with Gasteiger partial charge in [0.1, 0.15) is 24.5 Å². The van der Waals surface area contributed by atoms with Crippen LogP contribution in [0.2, 0.25) is 0 Å². The normalized spacial score (nSPS) is 16.3. The molecule has 1 fully saturated rings. The molecule has 0 unspecified atom stereocenters. The van der Waals surface area contributed by atoms with Crippen LogP contribution in [0.1, 0.15) is 43.7 Å². The van der Waals surface area contributed by atoms with Crippen molar-refractivity contribution in [2.75, 3.05) is 6.54 Å². The maximum atomic E-state index is 5.38. The first-order valence-corrected chi connectivity index (χ1v) is 8.71. The van der Waals surface area contributed by atoms with Crippen molar-refractivity contribution in [3.63, 3.8) is 0 Å². The molecule has 1 saturated carbocycles. The van der Waals surface area contributed by atoms with Gasteiger partial charge < -0.3 is 15.1 Å². The predicted molar refractivity (Wildman–Crippen MR) is 92.6 cm³/mol. The van der Waals surface area contributed by atoms with Crippen LogP contribution in [-0.4, -0.2) is 33.3 Å². The summed E-state index contributed by atoms with van der Waals surface area (Å²) in [5.74, 6) is 2.68. The summed E-state index contributed by atoms with van der Waals surface area (Å²) in [6.45, 7) is 1.30. The molecule has 24 heavy (non-hydrogen) atoms. The molecule has 130 valence electrons. The molecule has 7 nitrogen and oxygen atoms in total. The molecule has 0 saturated heterocycles. The summed E-state index contributed by atoms with van der Waals surface area (Å²) in [4.78, 5) is 8.91. The molecule has 0 bridgehead atoms. The van der Waals surface area contributed by atoms with Gasteiger partial charge in [-0.15, -0.1) is 0 Å². The van der Waals surface area contributed by atoms with Crippen molar-refractivity contribution >= 4 is 5.96 Å². The van der Waals surface area contributed by atoms with Crippen LogP contribution in [0.4, 0.5) is 0 Å². The Morgan fingerprint density at radius 2 is 2.25 bits per heavy atom. The number of guanidine groups is 1. The molecule has 1 aliphatic carbocycles. The maximum absolute atomic E-state index is 5.38. The molecular weight excluding hydrogens is 304 g/mol. The van der Waals surface area contributed by atoms with Crippen molar-refractivity contribution in [3.05, 3.63) is 36.3 Å². The van der Waals surface area contributed by atoms with Gasteiger partial charge in [0.05, 0.1) is 6.26 Å². The van der Waals surface area contributed by atoms with E-state index in [2.05, 4.69) is 25.7 Å². The van der Waals surface area contributed by atoms with E-state index in [0.29, 0.717) is 12.6 Å². The van der Waals surface area contributed by atoms with Crippen molar-refractivity contribution in [3.8, 4) is 0 Å². The summed E-state index contributed by atoms with van der Waals surface area (Å²) < 4.78 is 7.13. The Morgan fingerprint density at radius 3 is 2.96 bits per heavy atom. The fraction of sp³-hybridized carbons (Fsp3) is 0.588. The van der Waals surface area contributed by atoms with E-state index in [1.165, 1.54) is 32.1 Å². The minimum Gasteiger partial charge on any atom is -0.469 e. The Bertz CT molecular complexity index is 627. The Labute approximate surface area is 142 Å². The molecular formula is C17H26N6O. The largest absolute Gasteiger partial charge is 0.469 e. The zero-order chi connectivity index (χ0) is 16.6. The summed E-state index contributed by atoms with van der Waals surface area (Å²) in [7, 11) is 1.89. The smallest absolute Gasteiger partial charge is 0.191 e. The third-order valence-electron chi connectivity index (χ3n) is 4.37. The third-order valence-corrected chi connectivity index (χ3v) is 4.37. The lowest BCUT2D eigenvalue weighted by molar-refractivity contribution is 0.409. The third kappa shape index (κ3) is 4.84. The van der Waals surface area contributed by atoms with Gasteiger partial charge in [0.15, 0.2) is 5.96 Å². The van der Waals surface area contributed by atoms with Crippen LogP contribution in [0.15, 0.2) is 34.1 Å². The summed E-state index contributed by atoms with van der Waals surface area (Å²) in [5, 5.41) is 11.1. The number of aryl methyl sites for hydroxylation is 1. The van der Waals surface area contributed by atoms with Crippen molar-refractivity contribution in [2.24, 2.45) is 12.0 Å². The molecule has 0 spiro atoms. The van der Waals surface area contributed by atoms with E-state index in [1.807, 2.05) is 19.2 Å². The van der Waals surface area contributed by atoms with Crippen molar-refractivity contribution in [1.29, 1.82) is 0 Å². The minimum atomic E-state index is 0.508. The number of rotatable bonds is 6. The zero-order valence-electron chi connectivity index (χ0n) is 14.2. The fourth-order valence-electron chi connectivity index (χ4n) is 2.96. The summed E-state index contributed by atoms with van der Waals surface area (Å²) >= 11 is 0. The molecule has 0 amide bonds. The van der Waals surface area contributed by atoms with E-state index in [1.54, 1.807) is 17.3 Å². The van der Waals surface area contributed by atoms with E-state index in [0.717, 1.165) is 30.5 Å². The van der Waals surface area contributed by atoms with E-state index in [9.17, 15) is 0 Å². The number of hydrogen-bond acceptors (Lipinski definition) is 4. The van der Waals surface area contributed by atoms with Crippen LogP contribution in [0.3, 0.4) is 0 Å². The Kier molecular flexibility index (Phi) is 5.87. The van der Waals surface area contributed by atoms with Crippen molar-refractivity contribution in [1.82, 2.24) is 25.4 Å². The number of furan rings is 1. The van der Waals surface area contributed by atoms with Gasteiger partial charge in [0.2, 0.25) is 0 Å². The van der Waals surface area contributed by atoms with Crippen LogP contribution < -0.4 is 10.6 Å². The fourth-order valence-corrected chi connectivity index (χ4v) is 2.96. The molecule has 3 rings (SSSR count). The van der Waals surface area contributed by atoms with E-state index in [-0.39, 0.29) is 0 Å². The lowest BCUT2D eigenvalue weighted by Gasteiger charge is -2.25. The van der Waals surface area contributed by atoms with Gasteiger partial charge in [-0.25, -0.2) is 9.98 Å². The topological polar surface area (TPSA) is 80.3 Å². The lowest BCUT2D eigenvalue weighted by Crippen LogP contribution is -2.44. The molecule has 0 aromatic carbocycles. The average molecular weight is 330 g/mol. The van der Waals surface area contributed by atoms with E-state index >= 15 is 0 Å². The highest BCUT2D eigenvalue weighted by molar-refractivity contribution is 5.80. The Hall–Kier alpha value is -2.31. The maximum Gasteiger partial charge on any atom is 0.191 e. The predicted octanol–water partition coefficient (Wildman–Crippen LogP) is 2.02. The monoisotopic (exact) mass is 330 g/mol. The van der Waals surface area contributed by atoms with Gasteiger partial charge in [-0.3, -0.25) is 4.68 Å². The Morgan fingerprint density at radius 1 is 1.38 bits per heavy atom. The quantitative estimate of drug-likeness (QED) is 0.626. The van der Waals surface area contributed by atoms with Gasteiger partial charge in [0.25, 0.3) is 0 Å². The van der Waals surface area contributed by atoms with Crippen LogP contribution in [0.25, 0.3) is 0 Å². The van der Waals surface area contributed by atoms with E-state index < -0.39 is 0 Å². The van der Waals surface area contributed by atoms with E-state index in [4.69, 9.17) is 4.42 Å². The SMILES string of the molecule is Cn1ncnc1CN=C(NCCc1ccco1)NC1CCCCC1. The highest BCUT2D eigenvalue weighted by Crippen LogP contribution is 2.17. The van der Waals surface area contributed by atoms with Gasteiger partial charge in [-0.1, -0.05) is 19.3 Å². The highest BCUT2D eigenvalue weighted by Gasteiger charge is 2.14. The zero-order valence-corrected chi connectivity index (χ0v) is 14.2. The standard InChI is InChI=1S/C17H26N6O/c1-23-16(20-13-21-23)12-19-17(22-14-6-3-2-4-7-14)18-10-9-15-8-5-11-24-15/h5,8,11,13-14H,2-4,6-7,9-10,12H2,1H3,(H2,18,19,22). The average Bonchev–Trinajstić information content (AvgIpc) is 3.25. The number of aromatic nitrogens is 3. The first kappa shape index (κ1) is 16.5. The van der Waals surface area contributed by atoms with Gasteiger partial charge in [-0.05, 0) is 25.0 Å². The van der Waals surface area contributed by atoms with Crippen molar-refractivity contribution < 1.29 is 4.42 Å². The summed E-state index contributed by atoms with van der Waals surface area (Å²) in [5.41, 5.74) is 0. The Balaban J connectivity index is 1.57. The number of aliphatic imine (C=N–C) groups is 1. The molecule has 2 N–H and O–H groups in total. The second-order valence-electron chi connectivity index (χ2n) is 6.20. The lowest BCUT2D eigenvalue weighted by atomic mass is 9.96. The first-order chi connectivity index (χ1) is 11.8. The molecule has 0 radical (unpaired) electrons. The van der Waals surface area contributed by atoms with Crippen LogP contribution in [0.5, 0.6) is 0 Å². The van der Waals surface area contributed by atoms with Crippen LogP contribution in [0, 0.1) is 0 Å². The van der Waals surface area contributed by atoms with Gasteiger partial charge in [0, 0.05) is 26.1 Å². The summed E-state index contributed by atoms with van der Waals surface area (Å²) in [6.07, 6.45) is 10.5. The molecule has 1 aliphatic rings. The molecule has 2 heterocycles. The van der Waals surface area contributed by atoms with Gasteiger partial charge >= 0.3 is 0 Å². The first-order valence-electron chi connectivity index (χ1n) is 8.71. The second-order valence-corrected chi connectivity index (χ2v) is 6.20. The second kappa shape index (κ2) is 8.52. The minimum absolute atomic E-state index is 0.508. The molecule has 0 atom stereocenters. The van der Waals surface area contributed by atoms with Crippen LogP contribution in [-0.2, 0) is 20.0 Å².